The smallest absolute Gasteiger partial charge is 0.223 e. The van der Waals surface area contributed by atoms with Crippen molar-refractivity contribution in [2.45, 2.75) is 39.2 Å². The Morgan fingerprint density at radius 3 is 2.60 bits per heavy atom. The Bertz CT molecular complexity index is 993. The molecule has 0 bridgehead atoms. The molecular formula is C24H26N4O2. The molecule has 0 spiro atoms. The van der Waals surface area contributed by atoms with Crippen LogP contribution in [0.5, 0.6) is 5.88 Å². The zero-order valence-corrected chi connectivity index (χ0v) is 17.2. The molecule has 154 valence electrons. The highest BCUT2D eigenvalue weighted by Crippen LogP contribution is 2.31. The van der Waals surface area contributed by atoms with Gasteiger partial charge in [-0.15, -0.1) is 0 Å². The van der Waals surface area contributed by atoms with Crippen LogP contribution in [0.1, 0.15) is 36.6 Å². The summed E-state index contributed by atoms with van der Waals surface area (Å²) in [5.41, 5.74) is 4.06. The van der Waals surface area contributed by atoms with Crippen molar-refractivity contribution in [2.24, 2.45) is 5.92 Å². The second kappa shape index (κ2) is 9.48. The molecule has 1 unspecified atom stereocenters. The Morgan fingerprint density at radius 1 is 1.07 bits per heavy atom. The fourth-order valence-electron chi connectivity index (χ4n) is 3.81. The van der Waals surface area contributed by atoms with Crippen molar-refractivity contribution >= 4 is 5.91 Å². The summed E-state index contributed by atoms with van der Waals surface area (Å²) in [6.45, 7) is 3.03. The number of fused-ring (bicyclic) bond motifs is 1. The monoisotopic (exact) mass is 402 g/mol. The van der Waals surface area contributed by atoms with E-state index in [0.29, 0.717) is 24.9 Å². The number of benzene rings is 1. The molecule has 2 heterocycles. The number of aromatic nitrogens is 3. The molecule has 0 saturated heterocycles. The summed E-state index contributed by atoms with van der Waals surface area (Å²) in [4.78, 5) is 26.3. The molecule has 1 N–H and O–H groups in total. The van der Waals surface area contributed by atoms with Gasteiger partial charge >= 0.3 is 0 Å². The molecular weight excluding hydrogens is 376 g/mol. The molecule has 1 aliphatic carbocycles. The molecule has 0 fully saturated rings. The lowest BCUT2D eigenvalue weighted by atomic mass is 9.98. The summed E-state index contributed by atoms with van der Waals surface area (Å²) in [5, 5.41) is 3.07. The number of nitrogens with zero attached hydrogens (tertiary/aromatic N) is 3. The zero-order chi connectivity index (χ0) is 20.8. The van der Waals surface area contributed by atoms with Gasteiger partial charge < -0.3 is 10.1 Å². The van der Waals surface area contributed by atoms with E-state index >= 15 is 0 Å². The lowest BCUT2D eigenvalue weighted by Crippen LogP contribution is -2.30. The molecule has 0 aliphatic heterocycles. The summed E-state index contributed by atoms with van der Waals surface area (Å²) in [5.74, 6) is 1.38. The number of amides is 1. The van der Waals surface area contributed by atoms with Crippen molar-refractivity contribution in [3.63, 3.8) is 0 Å². The Labute approximate surface area is 176 Å². The number of rotatable bonds is 6. The number of carbonyl (C=O) groups is 1. The first-order chi connectivity index (χ1) is 14.7. The van der Waals surface area contributed by atoms with Crippen LogP contribution >= 0.6 is 0 Å². The largest absolute Gasteiger partial charge is 0.478 e. The Morgan fingerprint density at radius 2 is 1.83 bits per heavy atom. The summed E-state index contributed by atoms with van der Waals surface area (Å²) < 4.78 is 5.87. The summed E-state index contributed by atoms with van der Waals surface area (Å²) in [6.07, 6.45) is 6.50. The van der Waals surface area contributed by atoms with Gasteiger partial charge in [-0.3, -0.25) is 9.78 Å². The van der Waals surface area contributed by atoms with Crippen LogP contribution in [0.15, 0.2) is 54.9 Å². The second-order valence-electron chi connectivity index (χ2n) is 7.42. The Kier molecular flexibility index (Phi) is 6.32. The Hall–Kier alpha value is -3.28. The van der Waals surface area contributed by atoms with Gasteiger partial charge in [0.2, 0.25) is 11.8 Å². The molecule has 6 heteroatoms. The van der Waals surface area contributed by atoms with E-state index in [1.54, 1.807) is 12.4 Å². The average Bonchev–Trinajstić information content (AvgIpc) is 3.02. The van der Waals surface area contributed by atoms with E-state index in [9.17, 15) is 4.79 Å². The number of hydrogen-bond acceptors (Lipinski definition) is 5. The second-order valence-corrected chi connectivity index (χ2v) is 7.42. The molecule has 1 aliphatic rings. The van der Waals surface area contributed by atoms with Crippen molar-refractivity contribution in [3.8, 4) is 17.3 Å². The van der Waals surface area contributed by atoms with Crippen molar-refractivity contribution in [1.82, 2.24) is 20.3 Å². The lowest BCUT2D eigenvalue weighted by molar-refractivity contribution is -0.125. The number of hydrogen-bond donors (Lipinski definition) is 1. The maximum atomic E-state index is 12.8. The zero-order valence-electron chi connectivity index (χ0n) is 17.2. The van der Waals surface area contributed by atoms with Crippen LogP contribution in [-0.4, -0.2) is 27.5 Å². The number of nitrogens with one attached hydrogen (secondary N) is 1. The molecule has 4 rings (SSSR count). The van der Waals surface area contributed by atoms with Gasteiger partial charge in [0.05, 0.1) is 12.3 Å². The minimum Gasteiger partial charge on any atom is -0.478 e. The number of ether oxygens (including phenoxy) is 1. The number of pyridine rings is 1. The van der Waals surface area contributed by atoms with E-state index in [4.69, 9.17) is 14.7 Å². The first-order valence-electron chi connectivity index (χ1n) is 10.5. The van der Waals surface area contributed by atoms with Crippen LogP contribution in [0.2, 0.25) is 0 Å². The van der Waals surface area contributed by atoms with Crippen molar-refractivity contribution < 1.29 is 9.53 Å². The van der Waals surface area contributed by atoms with Gasteiger partial charge in [0.25, 0.3) is 0 Å². The summed E-state index contributed by atoms with van der Waals surface area (Å²) in [6, 6.07) is 13.8. The number of carbonyl (C=O) groups excluding carboxylic acids is 1. The van der Waals surface area contributed by atoms with E-state index in [-0.39, 0.29) is 11.8 Å². The van der Waals surface area contributed by atoms with E-state index in [0.717, 1.165) is 48.1 Å². The van der Waals surface area contributed by atoms with Gasteiger partial charge in [-0.25, -0.2) is 4.98 Å². The third-order valence-corrected chi connectivity index (χ3v) is 5.43. The summed E-state index contributed by atoms with van der Waals surface area (Å²) in [7, 11) is 0. The molecule has 1 aromatic carbocycles. The van der Waals surface area contributed by atoms with Gasteiger partial charge in [-0.2, -0.15) is 4.98 Å². The van der Waals surface area contributed by atoms with E-state index < -0.39 is 0 Å². The van der Waals surface area contributed by atoms with Crippen LogP contribution in [0, 0.1) is 5.92 Å². The summed E-state index contributed by atoms with van der Waals surface area (Å²) >= 11 is 0. The minimum atomic E-state index is -0.0457. The Balaban J connectivity index is 1.50. The topological polar surface area (TPSA) is 77.0 Å². The average molecular weight is 402 g/mol. The predicted octanol–water partition coefficient (Wildman–Crippen LogP) is 3.75. The van der Waals surface area contributed by atoms with Gasteiger partial charge in [-0.05, 0) is 50.3 Å². The molecule has 1 atom stereocenters. The highest BCUT2D eigenvalue weighted by Gasteiger charge is 2.26. The van der Waals surface area contributed by atoms with E-state index in [2.05, 4.69) is 10.3 Å². The van der Waals surface area contributed by atoms with Crippen molar-refractivity contribution in [3.05, 3.63) is 71.7 Å². The van der Waals surface area contributed by atoms with Gasteiger partial charge in [0, 0.05) is 36.0 Å². The van der Waals surface area contributed by atoms with Crippen LogP contribution in [0.25, 0.3) is 11.4 Å². The first-order valence-corrected chi connectivity index (χ1v) is 10.5. The van der Waals surface area contributed by atoms with Crippen LogP contribution in [0.3, 0.4) is 0 Å². The standard InChI is InChI=1S/C24H26N4O2/c1-2-30-24-20-10-8-19(23(29)26-16-17-12-14-25-15-13-17)9-11-21(20)27-22(28-24)18-6-4-3-5-7-18/h3-7,12-15,19H,2,8-11,16H2,1H3,(H,26,29). The fourth-order valence-corrected chi connectivity index (χ4v) is 3.81. The lowest BCUT2D eigenvalue weighted by Gasteiger charge is -2.14. The highest BCUT2D eigenvalue weighted by molar-refractivity contribution is 5.78. The fraction of sp³-hybridized carbons (Fsp3) is 0.333. The molecule has 3 aromatic rings. The SMILES string of the molecule is CCOc1nc(-c2ccccc2)nc2c1CCC(C(=O)NCc1ccncc1)CC2. The maximum absolute atomic E-state index is 12.8. The minimum absolute atomic E-state index is 0.0457. The molecule has 0 radical (unpaired) electrons. The molecule has 2 aromatic heterocycles. The van der Waals surface area contributed by atoms with Gasteiger partial charge in [-0.1, -0.05) is 30.3 Å². The normalized spacial score (nSPS) is 15.7. The highest BCUT2D eigenvalue weighted by atomic mass is 16.5. The van der Waals surface area contributed by atoms with Gasteiger partial charge in [0.1, 0.15) is 0 Å². The van der Waals surface area contributed by atoms with Crippen molar-refractivity contribution in [1.29, 1.82) is 0 Å². The number of aryl methyl sites for hydroxylation is 1. The first kappa shape index (κ1) is 20.0. The van der Waals surface area contributed by atoms with Gasteiger partial charge in [0.15, 0.2) is 5.82 Å². The van der Waals surface area contributed by atoms with Crippen LogP contribution < -0.4 is 10.1 Å². The van der Waals surface area contributed by atoms with E-state index in [1.807, 2.05) is 49.4 Å². The van der Waals surface area contributed by atoms with Crippen molar-refractivity contribution in [2.75, 3.05) is 6.61 Å². The van der Waals surface area contributed by atoms with Crippen LogP contribution in [-0.2, 0) is 24.2 Å². The van der Waals surface area contributed by atoms with Crippen LogP contribution in [0.4, 0.5) is 0 Å². The molecule has 6 nitrogen and oxygen atoms in total. The van der Waals surface area contributed by atoms with E-state index in [1.165, 1.54) is 0 Å². The molecule has 1 amide bonds. The third kappa shape index (κ3) is 4.64. The predicted molar refractivity (Wildman–Crippen MR) is 115 cm³/mol. The molecule has 30 heavy (non-hydrogen) atoms. The quantitative estimate of drug-likeness (QED) is 0.636. The maximum Gasteiger partial charge on any atom is 0.223 e. The third-order valence-electron chi connectivity index (χ3n) is 5.43. The molecule has 0 saturated carbocycles.